The first-order chi connectivity index (χ1) is 10.7. The number of thiophene rings is 1. The van der Waals surface area contributed by atoms with Crippen LogP contribution in [0.5, 0.6) is 0 Å². The van der Waals surface area contributed by atoms with Crippen LogP contribution in [0.25, 0.3) is 27.4 Å². The summed E-state index contributed by atoms with van der Waals surface area (Å²) in [6, 6.07) is 1.89. The molecule has 4 heterocycles. The third kappa shape index (κ3) is 1.72. The van der Waals surface area contributed by atoms with E-state index in [9.17, 15) is 4.79 Å². The van der Waals surface area contributed by atoms with E-state index in [-0.39, 0.29) is 18.1 Å². The van der Waals surface area contributed by atoms with Crippen molar-refractivity contribution in [2.45, 2.75) is 6.61 Å². The van der Waals surface area contributed by atoms with Gasteiger partial charge in [0.1, 0.15) is 17.6 Å². The Labute approximate surface area is 127 Å². The smallest absolute Gasteiger partial charge is 0.280 e. The van der Waals surface area contributed by atoms with Crippen molar-refractivity contribution < 1.29 is 9.26 Å². The predicted octanol–water partition coefficient (Wildman–Crippen LogP) is 1.44. The fourth-order valence-corrected chi connectivity index (χ4v) is 3.29. The van der Waals surface area contributed by atoms with E-state index in [0.717, 1.165) is 5.52 Å². The van der Waals surface area contributed by atoms with Crippen molar-refractivity contribution in [3.63, 3.8) is 0 Å². The Morgan fingerprint density at radius 2 is 2.32 bits per heavy atom. The van der Waals surface area contributed by atoms with E-state index in [4.69, 9.17) is 9.26 Å². The molecule has 4 aromatic heterocycles. The topological polar surface area (TPSA) is 87.5 Å². The molecule has 0 fully saturated rings. The van der Waals surface area contributed by atoms with Gasteiger partial charge >= 0.3 is 0 Å². The SMILES string of the molecule is COCc1noc(-c2ncn3c4ccsc4c(=O)n(C)c23)n1. The summed E-state index contributed by atoms with van der Waals surface area (Å²) in [6.07, 6.45) is 1.65. The zero-order valence-electron chi connectivity index (χ0n) is 11.8. The van der Waals surface area contributed by atoms with Crippen LogP contribution in [0.15, 0.2) is 27.1 Å². The zero-order valence-corrected chi connectivity index (χ0v) is 12.6. The number of nitrogens with zero attached hydrogens (tertiary/aromatic N) is 5. The Hall–Kier alpha value is -2.52. The molecule has 112 valence electrons. The second-order valence-corrected chi connectivity index (χ2v) is 5.65. The van der Waals surface area contributed by atoms with Crippen LogP contribution in [0.1, 0.15) is 5.82 Å². The molecule has 0 atom stereocenters. The van der Waals surface area contributed by atoms with Crippen LogP contribution >= 0.6 is 11.3 Å². The molecule has 0 saturated carbocycles. The van der Waals surface area contributed by atoms with Gasteiger partial charge in [0.05, 0.1) is 5.52 Å². The molecule has 0 aliphatic heterocycles. The summed E-state index contributed by atoms with van der Waals surface area (Å²) in [5, 5.41) is 5.71. The van der Waals surface area contributed by atoms with E-state index in [0.29, 0.717) is 21.9 Å². The Kier molecular flexibility index (Phi) is 2.84. The van der Waals surface area contributed by atoms with Gasteiger partial charge in [-0.15, -0.1) is 11.3 Å². The monoisotopic (exact) mass is 317 g/mol. The largest absolute Gasteiger partial charge is 0.377 e. The molecule has 0 aliphatic rings. The first kappa shape index (κ1) is 13.2. The third-order valence-corrected chi connectivity index (χ3v) is 4.30. The molecule has 0 saturated heterocycles. The summed E-state index contributed by atoms with van der Waals surface area (Å²) < 4.78 is 14.3. The summed E-state index contributed by atoms with van der Waals surface area (Å²) in [5.41, 5.74) is 1.83. The highest BCUT2D eigenvalue weighted by Gasteiger charge is 2.20. The molecule has 0 aliphatic carbocycles. The highest BCUT2D eigenvalue weighted by molar-refractivity contribution is 7.17. The van der Waals surface area contributed by atoms with E-state index in [2.05, 4.69) is 15.1 Å². The molecule has 22 heavy (non-hydrogen) atoms. The summed E-state index contributed by atoms with van der Waals surface area (Å²) in [4.78, 5) is 21.0. The molecule has 0 amide bonds. The number of hydrogen-bond acceptors (Lipinski definition) is 7. The molecule has 0 bridgehead atoms. The van der Waals surface area contributed by atoms with Crippen molar-refractivity contribution in [3.8, 4) is 11.6 Å². The molecule has 9 heteroatoms. The van der Waals surface area contributed by atoms with Gasteiger partial charge < -0.3 is 9.26 Å². The lowest BCUT2D eigenvalue weighted by Gasteiger charge is -2.04. The summed E-state index contributed by atoms with van der Waals surface area (Å²) >= 11 is 1.41. The number of imidazole rings is 1. The van der Waals surface area contributed by atoms with E-state index in [1.807, 2.05) is 15.8 Å². The highest BCUT2D eigenvalue weighted by Crippen LogP contribution is 2.25. The second-order valence-electron chi connectivity index (χ2n) is 4.73. The maximum absolute atomic E-state index is 12.4. The van der Waals surface area contributed by atoms with Crippen LogP contribution in [0.3, 0.4) is 0 Å². The zero-order chi connectivity index (χ0) is 15.3. The number of ether oxygens (including phenoxy) is 1. The lowest BCUT2D eigenvalue weighted by molar-refractivity contribution is 0.174. The summed E-state index contributed by atoms with van der Waals surface area (Å²) in [5.74, 6) is 0.694. The van der Waals surface area contributed by atoms with Gasteiger partial charge in [-0.3, -0.25) is 13.8 Å². The minimum atomic E-state index is -0.0733. The van der Waals surface area contributed by atoms with Crippen molar-refractivity contribution in [3.05, 3.63) is 34.0 Å². The fraction of sp³-hybridized carbons (Fsp3) is 0.231. The quantitative estimate of drug-likeness (QED) is 0.568. The maximum Gasteiger partial charge on any atom is 0.280 e. The molecule has 0 N–H and O–H groups in total. The van der Waals surface area contributed by atoms with E-state index in [1.54, 1.807) is 25.1 Å². The van der Waals surface area contributed by atoms with E-state index < -0.39 is 0 Å². The van der Waals surface area contributed by atoms with Gasteiger partial charge in [0, 0.05) is 14.2 Å². The number of fused-ring (bicyclic) bond motifs is 3. The molecule has 0 spiro atoms. The van der Waals surface area contributed by atoms with Gasteiger partial charge in [0.25, 0.3) is 11.4 Å². The van der Waals surface area contributed by atoms with Gasteiger partial charge in [0.2, 0.25) is 0 Å². The normalized spacial score (nSPS) is 11.7. The Morgan fingerprint density at radius 3 is 3.14 bits per heavy atom. The van der Waals surface area contributed by atoms with Crippen LogP contribution in [0, 0.1) is 0 Å². The minimum Gasteiger partial charge on any atom is -0.377 e. The first-order valence-electron chi connectivity index (χ1n) is 6.46. The number of methoxy groups -OCH3 is 1. The highest BCUT2D eigenvalue weighted by atomic mass is 32.1. The van der Waals surface area contributed by atoms with E-state index in [1.165, 1.54) is 11.3 Å². The maximum atomic E-state index is 12.4. The molecule has 8 nitrogen and oxygen atoms in total. The predicted molar refractivity (Wildman–Crippen MR) is 79.8 cm³/mol. The van der Waals surface area contributed by atoms with Crippen molar-refractivity contribution in [2.75, 3.05) is 7.11 Å². The number of aromatic nitrogens is 5. The Balaban J connectivity index is 2.02. The summed E-state index contributed by atoms with van der Waals surface area (Å²) in [7, 11) is 3.26. The molecule has 0 aromatic carbocycles. The molecular weight excluding hydrogens is 306 g/mol. The van der Waals surface area contributed by atoms with Gasteiger partial charge in [-0.1, -0.05) is 5.16 Å². The Bertz CT molecular complexity index is 1040. The van der Waals surface area contributed by atoms with Gasteiger partial charge in [-0.25, -0.2) is 4.98 Å². The second kappa shape index (κ2) is 4.75. The number of rotatable bonds is 3. The average molecular weight is 317 g/mol. The van der Waals surface area contributed by atoms with Crippen molar-refractivity contribution >= 4 is 27.2 Å². The van der Waals surface area contributed by atoms with Crippen LogP contribution in [0.4, 0.5) is 0 Å². The number of hydrogen-bond donors (Lipinski definition) is 0. The minimum absolute atomic E-state index is 0.0733. The van der Waals surface area contributed by atoms with Crippen molar-refractivity contribution in [1.29, 1.82) is 0 Å². The molecule has 0 unspecified atom stereocenters. The molecular formula is C13H11N5O3S. The van der Waals surface area contributed by atoms with Crippen LogP contribution < -0.4 is 5.56 Å². The van der Waals surface area contributed by atoms with Crippen LogP contribution in [-0.2, 0) is 18.4 Å². The third-order valence-electron chi connectivity index (χ3n) is 3.41. The molecule has 0 radical (unpaired) electrons. The van der Waals surface area contributed by atoms with Crippen molar-refractivity contribution in [2.24, 2.45) is 7.05 Å². The van der Waals surface area contributed by atoms with Gasteiger partial charge in [-0.05, 0) is 11.4 Å². The fourth-order valence-electron chi connectivity index (χ4n) is 2.43. The Morgan fingerprint density at radius 1 is 1.45 bits per heavy atom. The van der Waals surface area contributed by atoms with Crippen LogP contribution in [0.2, 0.25) is 0 Å². The van der Waals surface area contributed by atoms with Crippen LogP contribution in [-0.4, -0.2) is 31.2 Å². The van der Waals surface area contributed by atoms with Gasteiger partial charge in [-0.2, -0.15) is 4.98 Å². The van der Waals surface area contributed by atoms with Gasteiger partial charge in [0.15, 0.2) is 17.2 Å². The molecule has 4 rings (SSSR count). The molecule has 4 aromatic rings. The number of aryl methyl sites for hydroxylation is 1. The standard InChI is InChI=1S/C13H11N5O3S/c1-17-12-9(11-15-8(5-20-2)16-21-11)14-6-18(12)7-3-4-22-10(7)13(17)19/h3-4,6H,5H2,1-2H3. The lowest BCUT2D eigenvalue weighted by Crippen LogP contribution is -2.18. The first-order valence-corrected chi connectivity index (χ1v) is 7.34. The summed E-state index contributed by atoms with van der Waals surface area (Å²) in [6.45, 7) is 0.253. The van der Waals surface area contributed by atoms with Crippen molar-refractivity contribution in [1.82, 2.24) is 24.1 Å². The average Bonchev–Trinajstić information content (AvgIpc) is 3.22. The van der Waals surface area contributed by atoms with E-state index >= 15 is 0 Å². The lowest BCUT2D eigenvalue weighted by atomic mass is 10.4.